The molecule has 0 bridgehead atoms. The largest absolute Gasteiger partial charge is 0.334 e. The third kappa shape index (κ3) is 3.40. The zero-order valence-electron chi connectivity index (χ0n) is 12.1. The molecule has 0 spiro atoms. The molecule has 0 amide bonds. The van der Waals surface area contributed by atoms with Gasteiger partial charge in [-0.05, 0) is 18.1 Å². The first kappa shape index (κ1) is 16.3. The molecule has 1 aromatic carbocycles. The van der Waals surface area contributed by atoms with E-state index in [1.807, 2.05) is 6.07 Å². The molecule has 1 heterocycles. The molecule has 8 heteroatoms. The Kier molecular flexibility index (Phi) is 5.06. The molecule has 114 valence electrons. The highest BCUT2D eigenvalue weighted by molar-refractivity contribution is 7.99. The maximum absolute atomic E-state index is 12.3. The van der Waals surface area contributed by atoms with Gasteiger partial charge in [0.1, 0.15) is 6.07 Å². The number of nitriles is 1. The van der Waals surface area contributed by atoms with Gasteiger partial charge in [-0.1, -0.05) is 43.3 Å². The van der Waals surface area contributed by atoms with Gasteiger partial charge < -0.3 is 5.84 Å². The third-order valence-corrected chi connectivity index (χ3v) is 4.47. The van der Waals surface area contributed by atoms with Crippen LogP contribution in [0.15, 0.2) is 28.2 Å². The summed E-state index contributed by atoms with van der Waals surface area (Å²) in [4.78, 5) is 12.3. The summed E-state index contributed by atoms with van der Waals surface area (Å²) in [6, 6.07) is 6.60. The van der Waals surface area contributed by atoms with Crippen molar-refractivity contribution in [2.24, 2.45) is 5.92 Å². The van der Waals surface area contributed by atoms with E-state index in [1.54, 1.807) is 12.1 Å². The van der Waals surface area contributed by atoms with Crippen molar-refractivity contribution in [2.45, 2.75) is 19.0 Å². The maximum Gasteiger partial charge on any atom is 0.299 e. The highest BCUT2D eigenvalue weighted by Crippen LogP contribution is 2.22. The maximum atomic E-state index is 12.3. The van der Waals surface area contributed by atoms with Gasteiger partial charge in [-0.15, -0.1) is 10.2 Å². The first-order chi connectivity index (χ1) is 10.4. The van der Waals surface area contributed by atoms with Crippen LogP contribution in [0.5, 0.6) is 0 Å². The standard InChI is InChI=1S/C14H14ClN5OS/c1-8(2)7-22-14-19-18-12(13(21)20(14)17)9-3-4-11(15)10(5-9)6-16/h3-5,8H,7,17H2,1-2H3. The smallest absolute Gasteiger partial charge is 0.299 e. The van der Waals surface area contributed by atoms with E-state index >= 15 is 0 Å². The molecule has 0 saturated carbocycles. The number of rotatable bonds is 4. The van der Waals surface area contributed by atoms with Crippen LogP contribution in [-0.4, -0.2) is 20.6 Å². The van der Waals surface area contributed by atoms with Gasteiger partial charge in [0, 0.05) is 11.3 Å². The highest BCUT2D eigenvalue weighted by Gasteiger charge is 2.14. The molecule has 0 fully saturated rings. The Morgan fingerprint density at radius 1 is 1.45 bits per heavy atom. The molecule has 2 aromatic rings. The molecule has 0 aliphatic carbocycles. The Bertz CT molecular complexity index is 797. The Hall–Kier alpha value is -2.04. The van der Waals surface area contributed by atoms with Crippen LogP contribution in [0, 0.1) is 17.2 Å². The minimum atomic E-state index is -0.465. The first-order valence-corrected chi connectivity index (χ1v) is 7.88. The SMILES string of the molecule is CC(C)CSc1nnc(-c2ccc(Cl)c(C#N)c2)c(=O)n1N. The molecule has 2 N–H and O–H groups in total. The molecular formula is C14H14ClN5OS. The molecule has 0 atom stereocenters. The fourth-order valence-corrected chi connectivity index (χ4v) is 2.63. The van der Waals surface area contributed by atoms with Gasteiger partial charge in [0.15, 0.2) is 5.69 Å². The van der Waals surface area contributed by atoms with Gasteiger partial charge in [-0.2, -0.15) is 9.94 Å². The average Bonchev–Trinajstić information content (AvgIpc) is 2.49. The van der Waals surface area contributed by atoms with Crippen LogP contribution in [0.1, 0.15) is 19.4 Å². The normalized spacial score (nSPS) is 10.7. The van der Waals surface area contributed by atoms with Gasteiger partial charge in [0.05, 0.1) is 10.6 Å². The molecule has 22 heavy (non-hydrogen) atoms. The number of benzene rings is 1. The Labute approximate surface area is 136 Å². The number of thioether (sulfide) groups is 1. The zero-order valence-corrected chi connectivity index (χ0v) is 13.6. The molecular weight excluding hydrogens is 322 g/mol. The van der Waals surface area contributed by atoms with Crippen LogP contribution in [-0.2, 0) is 0 Å². The number of nitrogen functional groups attached to an aromatic ring is 1. The minimum absolute atomic E-state index is 0.0876. The summed E-state index contributed by atoms with van der Waals surface area (Å²) in [7, 11) is 0. The summed E-state index contributed by atoms with van der Waals surface area (Å²) in [5.74, 6) is 7.02. The summed E-state index contributed by atoms with van der Waals surface area (Å²) in [5.41, 5.74) is 0.345. The Balaban J connectivity index is 2.44. The van der Waals surface area contributed by atoms with Gasteiger partial charge in [0.2, 0.25) is 5.16 Å². The second-order valence-electron chi connectivity index (χ2n) is 5.02. The van der Waals surface area contributed by atoms with Crippen molar-refractivity contribution < 1.29 is 0 Å². The lowest BCUT2D eigenvalue weighted by Crippen LogP contribution is -2.32. The van der Waals surface area contributed by atoms with E-state index in [0.717, 1.165) is 10.4 Å². The van der Waals surface area contributed by atoms with Crippen molar-refractivity contribution >= 4 is 23.4 Å². The van der Waals surface area contributed by atoms with Crippen molar-refractivity contribution in [2.75, 3.05) is 11.6 Å². The molecule has 0 aliphatic heterocycles. The van der Waals surface area contributed by atoms with Crippen LogP contribution >= 0.6 is 23.4 Å². The third-order valence-electron chi connectivity index (χ3n) is 2.77. The lowest BCUT2D eigenvalue weighted by atomic mass is 10.1. The lowest BCUT2D eigenvalue weighted by molar-refractivity contribution is 0.695. The van der Waals surface area contributed by atoms with Crippen LogP contribution in [0.25, 0.3) is 11.3 Å². The summed E-state index contributed by atoms with van der Waals surface area (Å²) in [6.07, 6.45) is 0. The highest BCUT2D eigenvalue weighted by atomic mass is 35.5. The number of hydrogen-bond acceptors (Lipinski definition) is 6. The number of nitrogens with two attached hydrogens (primary N) is 1. The van der Waals surface area contributed by atoms with Crippen molar-refractivity contribution in [1.29, 1.82) is 5.26 Å². The van der Waals surface area contributed by atoms with E-state index < -0.39 is 5.56 Å². The molecule has 0 saturated heterocycles. The molecule has 0 radical (unpaired) electrons. The molecule has 0 aliphatic rings. The molecule has 6 nitrogen and oxygen atoms in total. The minimum Gasteiger partial charge on any atom is -0.334 e. The van der Waals surface area contributed by atoms with Gasteiger partial charge in [0.25, 0.3) is 5.56 Å². The number of hydrogen-bond donors (Lipinski definition) is 1. The van der Waals surface area contributed by atoms with E-state index in [1.165, 1.54) is 17.8 Å². The van der Waals surface area contributed by atoms with Crippen LogP contribution in [0.2, 0.25) is 5.02 Å². The quantitative estimate of drug-likeness (QED) is 0.680. The summed E-state index contributed by atoms with van der Waals surface area (Å²) in [6.45, 7) is 4.12. The second-order valence-corrected chi connectivity index (χ2v) is 6.41. The zero-order chi connectivity index (χ0) is 16.3. The topological polar surface area (TPSA) is 97.6 Å². The summed E-state index contributed by atoms with van der Waals surface area (Å²) < 4.78 is 0.982. The second kappa shape index (κ2) is 6.81. The molecule has 1 aromatic heterocycles. The number of aromatic nitrogens is 3. The van der Waals surface area contributed by atoms with Crippen molar-refractivity contribution in [3.05, 3.63) is 39.1 Å². The van der Waals surface area contributed by atoms with E-state index in [0.29, 0.717) is 21.7 Å². The molecule has 2 rings (SSSR count). The van der Waals surface area contributed by atoms with Crippen molar-refractivity contribution in [1.82, 2.24) is 14.9 Å². The van der Waals surface area contributed by atoms with E-state index in [4.69, 9.17) is 22.7 Å². The Morgan fingerprint density at radius 2 is 2.18 bits per heavy atom. The lowest BCUT2D eigenvalue weighted by Gasteiger charge is -2.09. The van der Waals surface area contributed by atoms with E-state index in [9.17, 15) is 4.79 Å². The van der Waals surface area contributed by atoms with Crippen molar-refractivity contribution in [3.63, 3.8) is 0 Å². The average molecular weight is 336 g/mol. The van der Waals surface area contributed by atoms with Gasteiger partial charge in [-0.3, -0.25) is 4.79 Å². The van der Waals surface area contributed by atoms with Crippen molar-refractivity contribution in [3.8, 4) is 17.3 Å². The first-order valence-electron chi connectivity index (χ1n) is 6.51. The van der Waals surface area contributed by atoms with E-state index in [2.05, 4.69) is 24.0 Å². The predicted molar refractivity (Wildman–Crippen MR) is 87.2 cm³/mol. The number of nitrogens with zero attached hydrogens (tertiary/aromatic N) is 4. The predicted octanol–water partition coefficient (Wildman–Crippen LogP) is 2.29. The monoisotopic (exact) mass is 335 g/mol. The van der Waals surface area contributed by atoms with Gasteiger partial charge in [-0.25, -0.2) is 0 Å². The van der Waals surface area contributed by atoms with Crippen LogP contribution in [0.3, 0.4) is 0 Å². The van der Waals surface area contributed by atoms with Crippen LogP contribution < -0.4 is 11.4 Å². The Morgan fingerprint density at radius 3 is 2.82 bits per heavy atom. The summed E-state index contributed by atoms with van der Waals surface area (Å²) in [5, 5.41) is 17.6. The molecule has 0 unspecified atom stereocenters. The van der Waals surface area contributed by atoms with Gasteiger partial charge >= 0.3 is 0 Å². The van der Waals surface area contributed by atoms with Crippen LogP contribution in [0.4, 0.5) is 0 Å². The number of halogens is 1. The fourth-order valence-electron chi connectivity index (χ4n) is 1.66. The fraction of sp³-hybridized carbons (Fsp3) is 0.286. The summed E-state index contributed by atoms with van der Waals surface area (Å²) >= 11 is 7.26. The van der Waals surface area contributed by atoms with E-state index in [-0.39, 0.29) is 11.3 Å².